The van der Waals surface area contributed by atoms with Gasteiger partial charge in [0, 0.05) is 26.2 Å². The second-order valence-electron chi connectivity index (χ2n) is 3.80. The second-order valence-corrected chi connectivity index (χ2v) is 5.69. The van der Waals surface area contributed by atoms with Gasteiger partial charge in [-0.2, -0.15) is 12.7 Å². The molecule has 0 unspecified atom stereocenters. The normalized spacial score (nSPS) is 11.3. The van der Waals surface area contributed by atoms with Crippen LogP contribution >= 0.6 is 0 Å². The van der Waals surface area contributed by atoms with E-state index in [9.17, 15) is 8.42 Å². The minimum absolute atomic E-state index is 0.322. The van der Waals surface area contributed by atoms with Crippen LogP contribution in [0.3, 0.4) is 0 Å². The summed E-state index contributed by atoms with van der Waals surface area (Å²) in [5.41, 5.74) is 0.322. The van der Waals surface area contributed by atoms with E-state index in [4.69, 9.17) is 14.2 Å². The summed E-state index contributed by atoms with van der Waals surface area (Å²) >= 11 is 0. The lowest BCUT2D eigenvalue weighted by Gasteiger charge is -2.17. The topological polar surface area (TPSA) is 77.1 Å². The van der Waals surface area contributed by atoms with Crippen LogP contribution in [-0.4, -0.2) is 48.1 Å². The Morgan fingerprint density at radius 1 is 1.00 bits per heavy atom. The Morgan fingerprint density at radius 3 is 1.79 bits per heavy atom. The van der Waals surface area contributed by atoms with Crippen molar-refractivity contribution >= 4 is 15.9 Å². The third-order valence-electron chi connectivity index (χ3n) is 2.39. The van der Waals surface area contributed by atoms with Crippen molar-refractivity contribution < 1.29 is 22.6 Å². The molecule has 0 aromatic heterocycles. The summed E-state index contributed by atoms with van der Waals surface area (Å²) in [6, 6.07) is 3.03. The summed E-state index contributed by atoms with van der Waals surface area (Å²) < 4.78 is 42.4. The third kappa shape index (κ3) is 3.42. The maximum absolute atomic E-state index is 11.8. The smallest absolute Gasteiger partial charge is 0.301 e. The number of methoxy groups -OCH3 is 3. The molecule has 0 aliphatic rings. The number of benzene rings is 1. The van der Waals surface area contributed by atoms with Crippen molar-refractivity contribution in [2.45, 2.75) is 0 Å². The van der Waals surface area contributed by atoms with Crippen LogP contribution in [0.1, 0.15) is 0 Å². The Hall–Kier alpha value is -1.67. The van der Waals surface area contributed by atoms with Gasteiger partial charge >= 0.3 is 10.2 Å². The second kappa shape index (κ2) is 5.98. The van der Waals surface area contributed by atoms with E-state index >= 15 is 0 Å². The summed E-state index contributed by atoms with van der Waals surface area (Å²) in [6.07, 6.45) is 0. The highest BCUT2D eigenvalue weighted by atomic mass is 32.2. The van der Waals surface area contributed by atoms with E-state index in [0.29, 0.717) is 22.9 Å². The monoisotopic (exact) mass is 290 g/mol. The fraction of sp³-hybridized carbons (Fsp3) is 0.455. The summed E-state index contributed by atoms with van der Waals surface area (Å²) in [5.74, 6) is 1.15. The van der Waals surface area contributed by atoms with Gasteiger partial charge in [-0.05, 0) is 0 Å². The number of hydrogen-bond acceptors (Lipinski definition) is 5. The van der Waals surface area contributed by atoms with Crippen LogP contribution in [0.25, 0.3) is 0 Å². The Labute approximate surface area is 113 Å². The SMILES string of the molecule is COc1cc(NS(=O)(=O)N(C)C)cc(OC)c1OC. The van der Waals surface area contributed by atoms with Gasteiger partial charge in [-0.1, -0.05) is 0 Å². The van der Waals surface area contributed by atoms with Gasteiger partial charge in [0.15, 0.2) is 11.5 Å². The molecule has 0 aliphatic heterocycles. The quantitative estimate of drug-likeness (QED) is 0.843. The molecule has 1 aromatic rings. The van der Waals surface area contributed by atoms with Gasteiger partial charge in [0.1, 0.15) is 0 Å². The van der Waals surface area contributed by atoms with Crippen LogP contribution in [0.4, 0.5) is 5.69 Å². The zero-order chi connectivity index (χ0) is 14.6. The van der Waals surface area contributed by atoms with Crippen LogP contribution in [0.2, 0.25) is 0 Å². The molecular formula is C11H18N2O5S. The highest BCUT2D eigenvalue weighted by Gasteiger charge is 2.18. The van der Waals surface area contributed by atoms with E-state index in [1.165, 1.54) is 47.6 Å². The first-order valence-corrected chi connectivity index (χ1v) is 6.80. The van der Waals surface area contributed by atoms with Gasteiger partial charge in [-0.25, -0.2) is 0 Å². The van der Waals surface area contributed by atoms with Crippen LogP contribution in [0.15, 0.2) is 12.1 Å². The first-order chi connectivity index (χ1) is 8.85. The fourth-order valence-corrected chi connectivity index (χ4v) is 1.98. The van der Waals surface area contributed by atoms with Crippen molar-refractivity contribution in [1.29, 1.82) is 0 Å². The summed E-state index contributed by atoms with van der Waals surface area (Å²) in [4.78, 5) is 0. The molecule has 0 fully saturated rings. The van der Waals surface area contributed by atoms with Gasteiger partial charge in [0.2, 0.25) is 5.75 Å². The summed E-state index contributed by atoms with van der Waals surface area (Å²) in [5, 5.41) is 0. The Kier molecular flexibility index (Phi) is 4.84. The molecule has 1 N–H and O–H groups in total. The number of hydrogen-bond donors (Lipinski definition) is 1. The van der Waals surface area contributed by atoms with Gasteiger partial charge in [-0.15, -0.1) is 0 Å². The number of nitrogens with zero attached hydrogens (tertiary/aromatic N) is 1. The molecule has 19 heavy (non-hydrogen) atoms. The molecule has 1 aromatic carbocycles. The lowest BCUT2D eigenvalue weighted by molar-refractivity contribution is 0.324. The minimum Gasteiger partial charge on any atom is -0.493 e. The van der Waals surface area contributed by atoms with Gasteiger partial charge in [-0.3, -0.25) is 4.72 Å². The molecule has 0 saturated carbocycles. The van der Waals surface area contributed by atoms with Crippen LogP contribution in [0, 0.1) is 0 Å². The van der Waals surface area contributed by atoms with Crippen molar-refractivity contribution in [2.24, 2.45) is 0 Å². The lowest BCUT2D eigenvalue weighted by Crippen LogP contribution is -2.28. The molecule has 0 atom stereocenters. The van der Waals surface area contributed by atoms with E-state index in [0.717, 1.165) is 4.31 Å². The fourth-order valence-electron chi connectivity index (χ4n) is 1.38. The molecule has 1 rings (SSSR count). The maximum atomic E-state index is 11.8. The molecule has 0 amide bonds. The molecule has 0 heterocycles. The molecule has 108 valence electrons. The van der Waals surface area contributed by atoms with E-state index < -0.39 is 10.2 Å². The van der Waals surface area contributed by atoms with Crippen molar-refractivity contribution in [3.05, 3.63) is 12.1 Å². The van der Waals surface area contributed by atoms with Crippen molar-refractivity contribution in [2.75, 3.05) is 40.1 Å². The first kappa shape index (κ1) is 15.4. The van der Waals surface area contributed by atoms with E-state index in [2.05, 4.69) is 4.72 Å². The Morgan fingerprint density at radius 2 is 1.47 bits per heavy atom. The van der Waals surface area contributed by atoms with E-state index in [1.807, 2.05) is 0 Å². The summed E-state index contributed by atoms with van der Waals surface area (Å²) in [7, 11) is 3.67. The molecular weight excluding hydrogens is 272 g/mol. The van der Waals surface area contributed by atoms with Crippen molar-refractivity contribution in [3.8, 4) is 17.2 Å². The molecule has 0 saturated heterocycles. The number of ether oxygens (including phenoxy) is 3. The number of anilines is 1. The van der Waals surface area contributed by atoms with Crippen LogP contribution in [0.5, 0.6) is 17.2 Å². The molecule has 0 aliphatic carbocycles. The molecule has 0 bridgehead atoms. The number of nitrogens with one attached hydrogen (secondary N) is 1. The van der Waals surface area contributed by atoms with Crippen LogP contribution < -0.4 is 18.9 Å². The van der Waals surface area contributed by atoms with E-state index in [1.54, 1.807) is 0 Å². The van der Waals surface area contributed by atoms with Crippen LogP contribution in [-0.2, 0) is 10.2 Å². The van der Waals surface area contributed by atoms with Gasteiger partial charge in [0.05, 0.1) is 27.0 Å². The molecule has 7 nitrogen and oxygen atoms in total. The maximum Gasteiger partial charge on any atom is 0.301 e. The van der Waals surface area contributed by atoms with Gasteiger partial charge in [0.25, 0.3) is 0 Å². The molecule has 0 spiro atoms. The average molecular weight is 290 g/mol. The standard InChI is InChI=1S/C11H18N2O5S/c1-13(2)19(14,15)12-8-6-9(16-3)11(18-5)10(7-8)17-4/h6-7,12H,1-5H3. The van der Waals surface area contributed by atoms with Crippen molar-refractivity contribution in [1.82, 2.24) is 4.31 Å². The highest BCUT2D eigenvalue weighted by molar-refractivity contribution is 7.90. The zero-order valence-corrected chi connectivity index (χ0v) is 12.4. The third-order valence-corrected chi connectivity index (χ3v) is 3.85. The average Bonchev–Trinajstić information content (AvgIpc) is 2.36. The zero-order valence-electron chi connectivity index (χ0n) is 11.6. The van der Waals surface area contributed by atoms with Gasteiger partial charge < -0.3 is 14.2 Å². The number of rotatable bonds is 6. The predicted octanol–water partition coefficient (Wildman–Crippen LogP) is 0.931. The van der Waals surface area contributed by atoms with Crippen molar-refractivity contribution in [3.63, 3.8) is 0 Å². The Bertz CT molecular complexity index is 517. The predicted molar refractivity (Wildman–Crippen MR) is 72.3 cm³/mol. The largest absolute Gasteiger partial charge is 0.493 e. The lowest BCUT2D eigenvalue weighted by atomic mass is 10.2. The van der Waals surface area contributed by atoms with E-state index in [-0.39, 0.29) is 0 Å². The Balaban J connectivity index is 3.24. The summed E-state index contributed by atoms with van der Waals surface area (Å²) in [6.45, 7) is 0. The molecule has 0 radical (unpaired) electrons. The molecule has 8 heteroatoms. The first-order valence-electron chi connectivity index (χ1n) is 5.36. The minimum atomic E-state index is -3.59. The highest BCUT2D eigenvalue weighted by Crippen LogP contribution is 2.40.